The van der Waals surface area contributed by atoms with E-state index in [1.165, 1.54) is 54.6 Å². The molecule has 160 valence electrons. The average molecular weight is 430 g/mol. The maximum absolute atomic E-state index is 14.3. The lowest BCUT2D eigenvalue weighted by atomic mass is 10.1. The number of nitrogens with zero attached hydrogens (tertiary/aromatic N) is 2. The van der Waals surface area contributed by atoms with Gasteiger partial charge in [-0.2, -0.15) is 13.2 Å². The van der Waals surface area contributed by atoms with Crippen LogP contribution in [0.25, 0.3) is 6.08 Å². The van der Waals surface area contributed by atoms with Crippen molar-refractivity contribution in [2.24, 2.45) is 0 Å². The summed E-state index contributed by atoms with van der Waals surface area (Å²) in [5.41, 5.74) is 0.260. The number of alkyl halides is 3. The Hall–Kier alpha value is -3.68. The maximum atomic E-state index is 14.3. The first-order valence-corrected chi connectivity index (χ1v) is 9.19. The average Bonchev–Trinajstić information content (AvgIpc) is 2.74. The fourth-order valence-electron chi connectivity index (χ4n) is 2.68. The maximum Gasteiger partial charge on any atom is 0.416 e. The summed E-state index contributed by atoms with van der Waals surface area (Å²) >= 11 is 0. The van der Waals surface area contributed by atoms with Crippen molar-refractivity contribution >= 4 is 12.0 Å². The van der Waals surface area contributed by atoms with Crippen molar-refractivity contribution in [2.45, 2.75) is 12.7 Å². The first-order chi connectivity index (χ1) is 14.7. The summed E-state index contributed by atoms with van der Waals surface area (Å²) in [6.45, 7) is 0.133. The van der Waals surface area contributed by atoms with Crippen LogP contribution in [0, 0.1) is 5.82 Å². The molecule has 1 aromatic heterocycles. The molecule has 0 aliphatic rings. The van der Waals surface area contributed by atoms with Crippen LogP contribution in [0.5, 0.6) is 11.5 Å². The van der Waals surface area contributed by atoms with Crippen LogP contribution in [0.2, 0.25) is 0 Å². The third kappa shape index (κ3) is 6.15. The van der Waals surface area contributed by atoms with Gasteiger partial charge in [0.2, 0.25) is 5.91 Å². The van der Waals surface area contributed by atoms with E-state index in [0.717, 1.165) is 12.1 Å². The summed E-state index contributed by atoms with van der Waals surface area (Å²) in [6.07, 6.45) is 1.33. The van der Waals surface area contributed by atoms with Crippen molar-refractivity contribution in [1.82, 2.24) is 9.88 Å². The quantitative estimate of drug-likeness (QED) is 0.372. The SMILES string of the molecule is CN(Cc1ccc(C(F)(F)F)cc1)C(=O)/C=C/c1ccc(Oc2cccnc2)c(F)c1. The number of carbonyl (C=O) groups is 1. The van der Waals surface area contributed by atoms with Crippen molar-refractivity contribution in [3.63, 3.8) is 0 Å². The lowest BCUT2D eigenvalue weighted by Gasteiger charge is -2.16. The van der Waals surface area contributed by atoms with E-state index in [-0.39, 0.29) is 18.2 Å². The molecule has 0 unspecified atom stereocenters. The Morgan fingerprint density at radius 1 is 1.13 bits per heavy atom. The normalized spacial score (nSPS) is 11.5. The van der Waals surface area contributed by atoms with E-state index in [1.54, 1.807) is 24.4 Å². The number of ether oxygens (including phenoxy) is 1. The van der Waals surface area contributed by atoms with Crippen LogP contribution in [0.1, 0.15) is 16.7 Å². The van der Waals surface area contributed by atoms with Gasteiger partial charge in [-0.25, -0.2) is 4.39 Å². The molecule has 2 aromatic carbocycles. The van der Waals surface area contributed by atoms with E-state index >= 15 is 0 Å². The van der Waals surface area contributed by atoms with Crippen LogP contribution in [0.15, 0.2) is 73.1 Å². The standard InChI is InChI=1S/C23H18F4N2O2/c1-29(15-17-4-8-18(9-5-17)23(25,26)27)22(30)11-7-16-6-10-21(20(24)13-16)31-19-3-2-12-28-14-19/h2-14H,15H2,1H3/b11-7+. The number of hydrogen-bond donors (Lipinski definition) is 0. The predicted octanol–water partition coefficient (Wildman–Crippen LogP) is 5.70. The molecular weight excluding hydrogens is 412 g/mol. The van der Waals surface area contributed by atoms with Crippen molar-refractivity contribution in [2.75, 3.05) is 7.05 Å². The molecule has 31 heavy (non-hydrogen) atoms. The summed E-state index contributed by atoms with van der Waals surface area (Å²) in [5.74, 6) is -0.562. The number of pyridine rings is 1. The lowest BCUT2D eigenvalue weighted by Crippen LogP contribution is -2.24. The summed E-state index contributed by atoms with van der Waals surface area (Å²) < 4.78 is 57.6. The van der Waals surface area contributed by atoms with Crippen LogP contribution in [0.3, 0.4) is 0 Å². The molecule has 0 bridgehead atoms. The van der Waals surface area contributed by atoms with Crippen LogP contribution >= 0.6 is 0 Å². The van der Waals surface area contributed by atoms with Gasteiger partial charge < -0.3 is 9.64 Å². The van der Waals surface area contributed by atoms with Gasteiger partial charge in [-0.05, 0) is 53.6 Å². The Morgan fingerprint density at radius 2 is 1.87 bits per heavy atom. The molecule has 8 heteroatoms. The minimum atomic E-state index is -4.41. The molecule has 3 aromatic rings. The highest BCUT2D eigenvalue weighted by Crippen LogP contribution is 2.29. The Bertz CT molecular complexity index is 1070. The van der Waals surface area contributed by atoms with E-state index in [4.69, 9.17) is 4.74 Å². The van der Waals surface area contributed by atoms with Gasteiger partial charge in [0.25, 0.3) is 0 Å². The number of halogens is 4. The second kappa shape index (κ2) is 9.42. The number of hydrogen-bond acceptors (Lipinski definition) is 3. The monoisotopic (exact) mass is 430 g/mol. The van der Waals surface area contributed by atoms with Gasteiger partial charge in [-0.3, -0.25) is 9.78 Å². The molecule has 0 radical (unpaired) electrons. The lowest BCUT2D eigenvalue weighted by molar-refractivity contribution is -0.137. The third-order valence-electron chi connectivity index (χ3n) is 4.31. The van der Waals surface area contributed by atoms with Crippen LogP contribution in [0.4, 0.5) is 17.6 Å². The first kappa shape index (κ1) is 22.0. The van der Waals surface area contributed by atoms with E-state index in [1.807, 2.05) is 0 Å². The highest BCUT2D eigenvalue weighted by Gasteiger charge is 2.29. The van der Waals surface area contributed by atoms with E-state index < -0.39 is 17.6 Å². The minimum Gasteiger partial charge on any atom is -0.453 e. The number of benzene rings is 2. The molecule has 4 nitrogen and oxygen atoms in total. The summed E-state index contributed by atoms with van der Waals surface area (Å²) in [7, 11) is 1.52. The second-order valence-electron chi connectivity index (χ2n) is 6.70. The Kier molecular flexibility index (Phi) is 6.69. The highest BCUT2D eigenvalue weighted by atomic mass is 19.4. The summed E-state index contributed by atoms with van der Waals surface area (Å²) in [5, 5.41) is 0. The van der Waals surface area contributed by atoms with Crippen molar-refractivity contribution in [1.29, 1.82) is 0 Å². The Morgan fingerprint density at radius 3 is 2.48 bits per heavy atom. The molecule has 0 N–H and O–H groups in total. The Balaban J connectivity index is 1.60. The molecule has 3 rings (SSSR count). The second-order valence-corrected chi connectivity index (χ2v) is 6.70. The van der Waals surface area contributed by atoms with Crippen LogP contribution in [-0.4, -0.2) is 22.8 Å². The molecule has 0 aliphatic carbocycles. The fraction of sp³-hybridized carbons (Fsp3) is 0.130. The third-order valence-corrected chi connectivity index (χ3v) is 4.31. The van der Waals surface area contributed by atoms with Gasteiger partial charge in [0.1, 0.15) is 5.75 Å². The minimum absolute atomic E-state index is 0.0240. The van der Waals surface area contributed by atoms with Gasteiger partial charge in [0.15, 0.2) is 11.6 Å². The smallest absolute Gasteiger partial charge is 0.416 e. The van der Waals surface area contributed by atoms with Crippen LogP contribution < -0.4 is 4.74 Å². The van der Waals surface area contributed by atoms with Gasteiger partial charge in [0, 0.05) is 25.9 Å². The number of aromatic nitrogens is 1. The molecule has 1 amide bonds. The van der Waals surface area contributed by atoms with Gasteiger partial charge >= 0.3 is 6.18 Å². The molecule has 0 aliphatic heterocycles. The highest BCUT2D eigenvalue weighted by molar-refractivity contribution is 5.91. The number of rotatable bonds is 6. The van der Waals surface area contributed by atoms with E-state index in [9.17, 15) is 22.4 Å². The number of likely N-dealkylation sites (N-methyl/N-ethyl adjacent to an activating group) is 1. The zero-order valence-electron chi connectivity index (χ0n) is 16.4. The van der Waals surface area contributed by atoms with E-state index in [2.05, 4.69) is 4.98 Å². The van der Waals surface area contributed by atoms with Gasteiger partial charge in [-0.15, -0.1) is 0 Å². The summed E-state index contributed by atoms with van der Waals surface area (Å²) in [6, 6.07) is 12.2. The predicted molar refractivity (Wildman–Crippen MR) is 108 cm³/mol. The molecule has 0 spiro atoms. The molecule has 0 saturated carbocycles. The van der Waals surface area contributed by atoms with Gasteiger partial charge in [-0.1, -0.05) is 18.2 Å². The van der Waals surface area contributed by atoms with Crippen molar-refractivity contribution in [3.05, 3.63) is 95.6 Å². The fourth-order valence-corrected chi connectivity index (χ4v) is 2.68. The van der Waals surface area contributed by atoms with Crippen LogP contribution in [-0.2, 0) is 17.5 Å². The molecule has 0 atom stereocenters. The molecule has 0 fully saturated rings. The summed E-state index contributed by atoms with van der Waals surface area (Å²) in [4.78, 5) is 17.5. The topological polar surface area (TPSA) is 42.4 Å². The Labute approximate surface area is 176 Å². The van der Waals surface area contributed by atoms with E-state index in [0.29, 0.717) is 16.9 Å². The number of amides is 1. The van der Waals surface area contributed by atoms with Crippen molar-refractivity contribution < 1.29 is 27.1 Å². The largest absolute Gasteiger partial charge is 0.453 e. The zero-order valence-corrected chi connectivity index (χ0v) is 16.4. The molecule has 1 heterocycles. The van der Waals surface area contributed by atoms with Crippen molar-refractivity contribution in [3.8, 4) is 11.5 Å². The molecule has 0 saturated heterocycles. The first-order valence-electron chi connectivity index (χ1n) is 9.19. The number of carbonyl (C=O) groups excluding carboxylic acids is 1. The molecular formula is C23H18F4N2O2. The zero-order chi connectivity index (χ0) is 22.4. The van der Waals surface area contributed by atoms with Gasteiger partial charge in [0.05, 0.1) is 11.8 Å².